The zero-order valence-electron chi connectivity index (χ0n) is 13.6. The third-order valence-corrected chi connectivity index (χ3v) is 5.48. The molecule has 2 aromatic heterocycles. The minimum atomic E-state index is -3.51. The molecule has 2 heterocycles. The topological polar surface area (TPSA) is 79.1 Å². The van der Waals surface area contributed by atoms with Gasteiger partial charge in [0.05, 0.1) is 26.1 Å². The van der Waals surface area contributed by atoms with E-state index in [1.807, 2.05) is 34.9 Å². The number of aromatic nitrogens is 4. The average molecular weight is 346 g/mol. The van der Waals surface area contributed by atoms with Gasteiger partial charge in [-0.05, 0) is 19.4 Å². The van der Waals surface area contributed by atoms with Crippen LogP contribution in [0.25, 0.3) is 11.2 Å². The van der Waals surface area contributed by atoms with Crippen LogP contribution >= 0.6 is 7.60 Å². The van der Waals surface area contributed by atoms with E-state index in [2.05, 4.69) is 15.0 Å². The molecule has 0 aliphatic heterocycles. The summed E-state index contributed by atoms with van der Waals surface area (Å²) in [5.41, 5.74) is 2.37. The van der Waals surface area contributed by atoms with Crippen LogP contribution in [-0.2, 0) is 20.2 Å². The summed E-state index contributed by atoms with van der Waals surface area (Å²) in [7, 11) is -3.51. The highest BCUT2D eigenvalue weighted by Gasteiger charge is 2.32. The highest BCUT2D eigenvalue weighted by atomic mass is 31.2. The number of rotatable bonds is 7. The van der Waals surface area contributed by atoms with Gasteiger partial charge in [-0.15, -0.1) is 0 Å². The summed E-state index contributed by atoms with van der Waals surface area (Å²) in [6.07, 6.45) is 3.03. The highest BCUT2D eigenvalue weighted by molar-refractivity contribution is 7.62. The van der Waals surface area contributed by atoms with Crippen LogP contribution in [0.3, 0.4) is 0 Å². The van der Waals surface area contributed by atoms with E-state index in [9.17, 15) is 4.57 Å². The van der Waals surface area contributed by atoms with Crippen LogP contribution in [0.2, 0.25) is 0 Å². The summed E-state index contributed by atoms with van der Waals surface area (Å²) in [6.45, 7) is 4.65. The van der Waals surface area contributed by atoms with Crippen molar-refractivity contribution in [3.05, 3.63) is 48.5 Å². The van der Waals surface area contributed by atoms with Crippen molar-refractivity contribution in [3.63, 3.8) is 0 Å². The quantitative estimate of drug-likeness (QED) is 0.612. The van der Waals surface area contributed by atoms with Crippen molar-refractivity contribution < 1.29 is 13.6 Å². The Hall–Kier alpha value is -2.08. The first-order chi connectivity index (χ1) is 11.7. The Balaban J connectivity index is 2.04. The van der Waals surface area contributed by atoms with Crippen LogP contribution in [0.1, 0.15) is 19.4 Å². The number of fused-ring (bicyclic) bond motifs is 1. The molecule has 0 saturated heterocycles. The number of imidazole rings is 1. The molecule has 0 unspecified atom stereocenters. The molecule has 8 heteroatoms. The molecular weight excluding hydrogens is 327 g/mol. The molecule has 0 atom stereocenters. The van der Waals surface area contributed by atoms with Gasteiger partial charge in [0.2, 0.25) is 0 Å². The van der Waals surface area contributed by atoms with Gasteiger partial charge in [0.1, 0.15) is 11.8 Å². The van der Waals surface area contributed by atoms with Gasteiger partial charge in [0.15, 0.2) is 11.1 Å². The minimum absolute atomic E-state index is 0.211. The van der Waals surface area contributed by atoms with Crippen molar-refractivity contribution in [2.75, 3.05) is 13.2 Å². The third kappa shape index (κ3) is 3.24. The van der Waals surface area contributed by atoms with Gasteiger partial charge >= 0.3 is 7.60 Å². The Kier molecular flexibility index (Phi) is 5.04. The van der Waals surface area contributed by atoms with Gasteiger partial charge in [-0.3, -0.25) is 4.57 Å². The van der Waals surface area contributed by atoms with Crippen molar-refractivity contribution in [2.24, 2.45) is 0 Å². The first kappa shape index (κ1) is 16.8. The van der Waals surface area contributed by atoms with E-state index in [1.165, 1.54) is 6.33 Å². The van der Waals surface area contributed by atoms with Crippen LogP contribution < -0.4 is 5.44 Å². The fourth-order valence-corrected chi connectivity index (χ4v) is 4.07. The van der Waals surface area contributed by atoms with Gasteiger partial charge < -0.3 is 13.6 Å². The highest BCUT2D eigenvalue weighted by Crippen LogP contribution is 2.47. The number of nitrogens with zero attached hydrogens (tertiary/aromatic N) is 4. The molecule has 126 valence electrons. The first-order valence-corrected chi connectivity index (χ1v) is 9.31. The van der Waals surface area contributed by atoms with E-state index in [0.29, 0.717) is 17.7 Å². The van der Waals surface area contributed by atoms with E-state index in [1.54, 1.807) is 20.2 Å². The van der Waals surface area contributed by atoms with Crippen LogP contribution in [-0.4, -0.2) is 32.7 Å². The molecule has 0 aliphatic rings. The summed E-state index contributed by atoms with van der Waals surface area (Å²) >= 11 is 0. The molecule has 24 heavy (non-hydrogen) atoms. The molecule has 0 fully saturated rings. The largest absolute Gasteiger partial charge is 0.381 e. The Morgan fingerprint density at radius 2 is 1.75 bits per heavy atom. The zero-order valence-corrected chi connectivity index (χ0v) is 14.5. The average Bonchev–Trinajstić information content (AvgIpc) is 2.99. The predicted molar refractivity (Wildman–Crippen MR) is 91.4 cm³/mol. The van der Waals surface area contributed by atoms with E-state index in [0.717, 1.165) is 5.56 Å². The van der Waals surface area contributed by atoms with E-state index in [4.69, 9.17) is 9.05 Å². The summed E-state index contributed by atoms with van der Waals surface area (Å²) in [5, 5.41) is 0. The van der Waals surface area contributed by atoms with Crippen molar-refractivity contribution >= 4 is 24.2 Å². The second kappa shape index (κ2) is 7.21. The second-order valence-electron chi connectivity index (χ2n) is 5.06. The smallest absolute Gasteiger partial charge is 0.311 e. The molecule has 0 saturated carbocycles. The SMILES string of the molecule is CCOP(=O)(OCC)c1ncnc2c1ncn2Cc1ccccc1. The molecule has 7 nitrogen and oxygen atoms in total. The van der Waals surface area contributed by atoms with Crippen molar-refractivity contribution in [1.82, 2.24) is 19.5 Å². The maximum absolute atomic E-state index is 13.0. The summed E-state index contributed by atoms with van der Waals surface area (Å²) in [5.74, 6) is 0. The molecule has 0 N–H and O–H groups in total. The molecule has 0 radical (unpaired) electrons. The standard InChI is InChI=1S/C16H19N4O3P/c1-3-22-24(21,23-4-2)16-14-15(17-11-18-16)20(12-19-14)10-13-8-6-5-7-9-13/h5-9,11-12H,3-4,10H2,1-2H3. The minimum Gasteiger partial charge on any atom is -0.311 e. The molecule has 0 spiro atoms. The molecule has 3 aromatic rings. The molecule has 0 bridgehead atoms. The lowest BCUT2D eigenvalue weighted by Gasteiger charge is -2.16. The van der Waals surface area contributed by atoms with E-state index < -0.39 is 7.60 Å². The Morgan fingerprint density at radius 1 is 1.04 bits per heavy atom. The van der Waals surface area contributed by atoms with Gasteiger partial charge in [-0.1, -0.05) is 30.3 Å². The van der Waals surface area contributed by atoms with E-state index >= 15 is 0 Å². The van der Waals surface area contributed by atoms with Crippen molar-refractivity contribution in [1.29, 1.82) is 0 Å². The lowest BCUT2D eigenvalue weighted by molar-refractivity contribution is 0.229. The monoisotopic (exact) mass is 346 g/mol. The maximum Gasteiger partial charge on any atom is 0.381 e. The summed E-state index contributed by atoms with van der Waals surface area (Å²) in [6, 6.07) is 9.98. The zero-order chi connectivity index (χ0) is 17.0. The Morgan fingerprint density at radius 3 is 2.42 bits per heavy atom. The first-order valence-electron chi connectivity index (χ1n) is 7.77. The molecule has 0 aliphatic carbocycles. The summed E-state index contributed by atoms with van der Waals surface area (Å²) < 4.78 is 25.7. The Bertz CT molecular complexity index is 856. The Labute approximate surface area is 140 Å². The number of hydrogen-bond donors (Lipinski definition) is 0. The predicted octanol–water partition coefficient (Wildman–Crippen LogP) is 2.77. The lowest BCUT2D eigenvalue weighted by atomic mass is 10.2. The van der Waals surface area contributed by atoms with Gasteiger partial charge in [0.25, 0.3) is 0 Å². The molecule has 1 aromatic carbocycles. The third-order valence-electron chi connectivity index (χ3n) is 3.44. The van der Waals surface area contributed by atoms with Gasteiger partial charge in [-0.2, -0.15) is 0 Å². The lowest BCUT2D eigenvalue weighted by Crippen LogP contribution is -2.16. The van der Waals surface area contributed by atoms with Crippen LogP contribution in [0.5, 0.6) is 0 Å². The van der Waals surface area contributed by atoms with Crippen LogP contribution in [0, 0.1) is 0 Å². The molecular formula is C16H19N4O3P. The number of hydrogen-bond acceptors (Lipinski definition) is 6. The second-order valence-corrected chi connectivity index (χ2v) is 7.00. The molecule has 0 amide bonds. The van der Waals surface area contributed by atoms with Crippen LogP contribution in [0.15, 0.2) is 43.0 Å². The number of benzene rings is 1. The fraction of sp³-hybridized carbons (Fsp3) is 0.312. The van der Waals surface area contributed by atoms with E-state index in [-0.39, 0.29) is 18.6 Å². The van der Waals surface area contributed by atoms with Gasteiger partial charge in [0, 0.05) is 0 Å². The summed E-state index contributed by atoms with van der Waals surface area (Å²) in [4.78, 5) is 12.8. The van der Waals surface area contributed by atoms with Crippen LogP contribution in [0.4, 0.5) is 0 Å². The fourth-order valence-electron chi connectivity index (χ4n) is 2.46. The van der Waals surface area contributed by atoms with Gasteiger partial charge in [-0.25, -0.2) is 15.0 Å². The normalized spacial score (nSPS) is 11.9. The molecule has 3 rings (SSSR count). The maximum atomic E-state index is 13.0. The van der Waals surface area contributed by atoms with Crippen molar-refractivity contribution in [2.45, 2.75) is 20.4 Å². The van der Waals surface area contributed by atoms with Crippen molar-refractivity contribution in [3.8, 4) is 0 Å².